The van der Waals surface area contributed by atoms with E-state index >= 15 is 0 Å². The molecule has 1 aromatic rings. The molecule has 1 unspecified atom stereocenters. The summed E-state index contributed by atoms with van der Waals surface area (Å²) in [6.07, 6.45) is 2.23. The predicted octanol–water partition coefficient (Wildman–Crippen LogP) is 1.95. The number of carbonyl (C=O) groups excluding carboxylic acids is 1. The largest absolute Gasteiger partial charge is 0.351 e. The van der Waals surface area contributed by atoms with E-state index in [0.717, 1.165) is 11.3 Å². The number of rotatable bonds is 4. The monoisotopic (exact) mass is 231 g/mol. The lowest BCUT2D eigenvalue weighted by atomic mass is 9.88. The molecule has 17 heavy (non-hydrogen) atoms. The molecule has 0 aliphatic heterocycles. The number of hydrogen-bond donors (Lipinski definition) is 1. The van der Waals surface area contributed by atoms with Gasteiger partial charge in [-0.25, -0.2) is 0 Å². The van der Waals surface area contributed by atoms with Crippen LogP contribution in [0.5, 0.6) is 0 Å². The molecule has 0 spiro atoms. The molecular formula is C13H17N3O. The van der Waals surface area contributed by atoms with E-state index in [1.807, 2.05) is 32.0 Å². The molecule has 1 rings (SSSR count). The Hall–Kier alpha value is -1.89. The van der Waals surface area contributed by atoms with Crippen molar-refractivity contribution in [2.45, 2.75) is 33.7 Å². The van der Waals surface area contributed by atoms with Crippen LogP contribution in [0, 0.1) is 23.7 Å². The molecule has 0 aromatic carbocycles. The van der Waals surface area contributed by atoms with Gasteiger partial charge in [0.1, 0.15) is 5.41 Å². The minimum atomic E-state index is -0.946. The van der Waals surface area contributed by atoms with Gasteiger partial charge in [-0.05, 0) is 31.9 Å². The van der Waals surface area contributed by atoms with Crippen LogP contribution in [0.25, 0.3) is 0 Å². The van der Waals surface area contributed by atoms with Crippen LogP contribution >= 0.6 is 0 Å². The molecule has 90 valence electrons. The molecule has 1 amide bonds. The topological polar surface area (TPSA) is 65.8 Å². The van der Waals surface area contributed by atoms with Crippen molar-refractivity contribution < 1.29 is 4.79 Å². The number of amides is 1. The quantitative estimate of drug-likeness (QED) is 0.861. The number of nitrogens with one attached hydrogen (secondary N) is 1. The first-order chi connectivity index (χ1) is 8.01. The standard InChI is InChI=1S/C13H17N3O/c1-4-13(3,9-14)12(17)16-8-11-6-5-10(2)15-7-11/h5-7H,4,8H2,1-3H3,(H,16,17). The molecule has 0 aliphatic carbocycles. The molecule has 1 atom stereocenters. The van der Waals surface area contributed by atoms with Gasteiger partial charge in [0.15, 0.2) is 0 Å². The minimum absolute atomic E-state index is 0.233. The number of aryl methyl sites for hydroxylation is 1. The second-order valence-electron chi connectivity index (χ2n) is 4.29. The minimum Gasteiger partial charge on any atom is -0.351 e. The normalized spacial score (nSPS) is 13.5. The maximum atomic E-state index is 11.8. The summed E-state index contributed by atoms with van der Waals surface area (Å²) in [4.78, 5) is 16.0. The first-order valence-electron chi connectivity index (χ1n) is 5.63. The number of nitriles is 1. The third-order valence-corrected chi connectivity index (χ3v) is 2.88. The Balaban J connectivity index is 2.60. The molecule has 0 aliphatic rings. The van der Waals surface area contributed by atoms with Gasteiger partial charge in [0.2, 0.25) is 5.91 Å². The van der Waals surface area contributed by atoms with Crippen molar-refractivity contribution in [3.05, 3.63) is 29.6 Å². The maximum Gasteiger partial charge on any atom is 0.240 e. The molecule has 0 fully saturated rings. The van der Waals surface area contributed by atoms with Gasteiger partial charge >= 0.3 is 0 Å². The van der Waals surface area contributed by atoms with Crippen molar-refractivity contribution in [3.63, 3.8) is 0 Å². The molecule has 1 aromatic heterocycles. The Morgan fingerprint density at radius 3 is 2.76 bits per heavy atom. The zero-order valence-electron chi connectivity index (χ0n) is 10.4. The van der Waals surface area contributed by atoms with E-state index in [9.17, 15) is 4.79 Å². The van der Waals surface area contributed by atoms with Crippen molar-refractivity contribution >= 4 is 5.91 Å². The van der Waals surface area contributed by atoms with E-state index in [2.05, 4.69) is 10.3 Å². The Labute approximate surface area is 102 Å². The number of aromatic nitrogens is 1. The maximum absolute atomic E-state index is 11.8. The average Bonchev–Trinajstić information content (AvgIpc) is 2.36. The summed E-state index contributed by atoms with van der Waals surface area (Å²) in [7, 11) is 0. The van der Waals surface area contributed by atoms with Gasteiger partial charge in [0, 0.05) is 18.4 Å². The summed E-state index contributed by atoms with van der Waals surface area (Å²) >= 11 is 0. The summed E-state index contributed by atoms with van der Waals surface area (Å²) in [5.74, 6) is -0.233. The van der Waals surface area contributed by atoms with Crippen LogP contribution in [-0.2, 0) is 11.3 Å². The van der Waals surface area contributed by atoms with Crippen molar-refractivity contribution in [1.29, 1.82) is 5.26 Å². The lowest BCUT2D eigenvalue weighted by Gasteiger charge is -2.18. The van der Waals surface area contributed by atoms with Crippen LogP contribution in [0.1, 0.15) is 31.5 Å². The van der Waals surface area contributed by atoms with Crippen LogP contribution < -0.4 is 5.32 Å². The Kier molecular flexibility index (Phi) is 4.22. The number of pyridine rings is 1. The fourth-order valence-corrected chi connectivity index (χ4v) is 1.27. The highest BCUT2D eigenvalue weighted by Gasteiger charge is 2.30. The highest BCUT2D eigenvalue weighted by molar-refractivity contribution is 5.84. The van der Waals surface area contributed by atoms with E-state index in [1.165, 1.54) is 0 Å². The van der Waals surface area contributed by atoms with Gasteiger partial charge in [-0.15, -0.1) is 0 Å². The second-order valence-corrected chi connectivity index (χ2v) is 4.29. The van der Waals surface area contributed by atoms with Gasteiger partial charge in [0.25, 0.3) is 0 Å². The summed E-state index contributed by atoms with van der Waals surface area (Å²) in [5, 5.41) is 11.7. The van der Waals surface area contributed by atoms with Gasteiger partial charge in [-0.1, -0.05) is 13.0 Å². The lowest BCUT2D eigenvalue weighted by Crippen LogP contribution is -2.37. The van der Waals surface area contributed by atoms with Crippen molar-refractivity contribution in [2.75, 3.05) is 0 Å². The molecule has 0 bridgehead atoms. The molecule has 0 saturated heterocycles. The predicted molar refractivity (Wildman–Crippen MR) is 64.8 cm³/mol. The molecule has 1 N–H and O–H groups in total. The first kappa shape index (κ1) is 13.2. The van der Waals surface area contributed by atoms with Crippen molar-refractivity contribution in [2.24, 2.45) is 5.41 Å². The van der Waals surface area contributed by atoms with E-state index in [-0.39, 0.29) is 5.91 Å². The number of nitrogens with zero attached hydrogens (tertiary/aromatic N) is 2. The van der Waals surface area contributed by atoms with E-state index < -0.39 is 5.41 Å². The molecule has 0 radical (unpaired) electrons. The van der Waals surface area contributed by atoms with Crippen LogP contribution in [-0.4, -0.2) is 10.9 Å². The van der Waals surface area contributed by atoms with Gasteiger partial charge in [-0.3, -0.25) is 9.78 Å². The molecular weight excluding hydrogens is 214 g/mol. The summed E-state index contributed by atoms with van der Waals surface area (Å²) in [6.45, 7) is 5.79. The fraction of sp³-hybridized carbons (Fsp3) is 0.462. The summed E-state index contributed by atoms with van der Waals surface area (Å²) in [6, 6.07) is 5.85. The summed E-state index contributed by atoms with van der Waals surface area (Å²) in [5.41, 5.74) is 0.925. The van der Waals surface area contributed by atoms with Crippen molar-refractivity contribution in [3.8, 4) is 6.07 Å². The third kappa shape index (κ3) is 3.28. The average molecular weight is 231 g/mol. The second kappa shape index (κ2) is 5.44. The zero-order chi connectivity index (χ0) is 12.9. The fourth-order valence-electron chi connectivity index (χ4n) is 1.27. The first-order valence-corrected chi connectivity index (χ1v) is 5.63. The van der Waals surface area contributed by atoms with Crippen LogP contribution in [0.15, 0.2) is 18.3 Å². The van der Waals surface area contributed by atoms with E-state index in [0.29, 0.717) is 13.0 Å². The van der Waals surface area contributed by atoms with Gasteiger partial charge in [0.05, 0.1) is 6.07 Å². The molecule has 1 heterocycles. The lowest BCUT2D eigenvalue weighted by molar-refractivity contribution is -0.127. The molecule has 4 nitrogen and oxygen atoms in total. The van der Waals surface area contributed by atoms with Crippen LogP contribution in [0.2, 0.25) is 0 Å². The summed E-state index contributed by atoms with van der Waals surface area (Å²) < 4.78 is 0. The van der Waals surface area contributed by atoms with Crippen LogP contribution in [0.3, 0.4) is 0 Å². The van der Waals surface area contributed by atoms with Gasteiger partial charge in [-0.2, -0.15) is 5.26 Å². The third-order valence-electron chi connectivity index (χ3n) is 2.88. The smallest absolute Gasteiger partial charge is 0.240 e. The number of carbonyl (C=O) groups is 1. The van der Waals surface area contributed by atoms with E-state index in [1.54, 1.807) is 13.1 Å². The number of hydrogen-bond acceptors (Lipinski definition) is 3. The Bertz CT molecular complexity index is 433. The van der Waals surface area contributed by atoms with E-state index in [4.69, 9.17) is 5.26 Å². The molecule has 4 heteroatoms. The van der Waals surface area contributed by atoms with Crippen LogP contribution in [0.4, 0.5) is 0 Å². The highest BCUT2D eigenvalue weighted by Crippen LogP contribution is 2.19. The Morgan fingerprint density at radius 2 is 2.29 bits per heavy atom. The van der Waals surface area contributed by atoms with Gasteiger partial charge < -0.3 is 5.32 Å². The SMILES string of the molecule is CCC(C)(C#N)C(=O)NCc1ccc(C)nc1. The van der Waals surface area contributed by atoms with Crippen molar-refractivity contribution in [1.82, 2.24) is 10.3 Å². The Morgan fingerprint density at radius 1 is 1.59 bits per heavy atom. The zero-order valence-corrected chi connectivity index (χ0v) is 10.4. The molecule has 0 saturated carbocycles. The highest BCUT2D eigenvalue weighted by atomic mass is 16.2.